The minimum absolute atomic E-state index is 0.0996. The Morgan fingerprint density at radius 1 is 1.14 bits per heavy atom. The van der Waals surface area contributed by atoms with Crippen LogP contribution in [0, 0.1) is 5.92 Å². The van der Waals surface area contributed by atoms with E-state index in [-0.39, 0.29) is 30.1 Å². The highest BCUT2D eigenvalue weighted by Gasteiger charge is 2.38. The van der Waals surface area contributed by atoms with E-state index in [0.29, 0.717) is 31.6 Å². The highest BCUT2D eigenvalue weighted by molar-refractivity contribution is 5.93. The van der Waals surface area contributed by atoms with E-state index in [1.165, 1.54) is 6.33 Å². The van der Waals surface area contributed by atoms with Crippen molar-refractivity contribution >= 4 is 17.7 Å². The van der Waals surface area contributed by atoms with E-state index in [0.717, 1.165) is 16.8 Å². The summed E-state index contributed by atoms with van der Waals surface area (Å²) in [6.45, 7) is 4.59. The van der Waals surface area contributed by atoms with Crippen molar-refractivity contribution in [3.63, 3.8) is 0 Å². The highest BCUT2D eigenvalue weighted by atomic mass is 16.2. The van der Waals surface area contributed by atoms with Crippen LogP contribution in [-0.4, -0.2) is 55.8 Å². The van der Waals surface area contributed by atoms with Gasteiger partial charge in [-0.3, -0.25) is 14.4 Å². The number of nitrogens with zero attached hydrogens (tertiary/aromatic N) is 3. The molecule has 3 heterocycles. The molecular weight excluding hydrogens is 456 g/mol. The number of rotatable bonds is 9. The second kappa shape index (κ2) is 11.2. The average molecular weight is 491 g/mol. The van der Waals surface area contributed by atoms with Crippen LogP contribution in [0.2, 0.25) is 0 Å². The Bertz CT molecular complexity index is 1200. The van der Waals surface area contributed by atoms with Crippen LogP contribution in [0.5, 0.6) is 0 Å². The van der Waals surface area contributed by atoms with E-state index in [1.54, 1.807) is 11.1 Å². The monoisotopic (exact) mass is 490 g/mol. The number of nitrogens with one attached hydrogen (secondary N) is 3. The summed E-state index contributed by atoms with van der Waals surface area (Å²) in [5.41, 5.74) is 3.88. The zero-order valence-electron chi connectivity index (χ0n) is 21.0. The molecule has 190 valence electrons. The van der Waals surface area contributed by atoms with Crippen molar-refractivity contribution < 1.29 is 14.4 Å². The number of carbonyl (C=O) groups is 3. The van der Waals surface area contributed by atoms with E-state index >= 15 is 0 Å². The third-order valence-electron chi connectivity index (χ3n) is 6.72. The molecule has 1 aromatic carbocycles. The lowest BCUT2D eigenvalue weighted by Gasteiger charge is -2.38. The molecule has 2 atom stereocenters. The van der Waals surface area contributed by atoms with Gasteiger partial charge in [-0.2, -0.15) is 0 Å². The third kappa shape index (κ3) is 5.84. The molecule has 3 N–H and O–H groups in total. The summed E-state index contributed by atoms with van der Waals surface area (Å²) in [5, 5.41) is 5.92. The number of H-pyrrole nitrogens is 1. The Morgan fingerprint density at radius 2 is 1.92 bits per heavy atom. The summed E-state index contributed by atoms with van der Waals surface area (Å²) in [6.07, 6.45) is 6.31. The van der Waals surface area contributed by atoms with Crippen molar-refractivity contribution in [1.29, 1.82) is 0 Å². The molecule has 2 aromatic heterocycles. The summed E-state index contributed by atoms with van der Waals surface area (Å²) in [7, 11) is 1.97. The number of aryl methyl sites for hydroxylation is 1. The van der Waals surface area contributed by atoms with Gasteiger partial charge in [0.25, 0.3) is 0 Å². The fourth-order valence-corrected chi connectivity index (χ4v) is 4.65. The third-order valence-corrected chi connectivity index (χ3v) is 6.72. The minimum atomic E-state index is -0.746. The van der Waals surface area contributed by atoms with Gasteiger partial charge in [0, 0.05) is 56.8 Å². The van der Waals surface area contributed by atoms with Crippen molar-refractivity contribution in [2.24, 2.45) is 13.0 Å². The number of amides is 3. The standard InChI is InChI=1S/C27H34N6O3/c1-18(2)25(31-24(34)14-21-15-28-17-30-21)27(36)33-16-20-8-5-4-7-19(20)13-23(33)26(35)29-11-10-22-9-6-12-32(22)3/h4-9,12,15,17-18,23,25H,10-11,13-14,16H2,1-3H3,(H,28,30)(H,29,35)(H,31,34)/t23-,25-/m0/s1. The number of carbonyl (C=O) groups excluding carboxylic acids is 3. The lowest BCUT2D eigenvalue weighted by molar-refractivity contribution is -0.145. The quantitative estimate of drug-likeness (QED) is 0.424. The van der Waals surface area contributed by atoms with Gasteiger partial charge < -0.3 is 25.1 Å². The van der Waals surface area contributed by atoms with E-state index in [9.17, 15) is 14.4 Å². The predicted octanol–water partition coefficient (Wildman–Crippen LogP) is 1.74. The first-order valence-corrected chi connectivity index (χ1v) is 12.3. The maximum absolute atomic E-state index is 13.8. The van der Waals surface area contributed by atoms with Gasteiger partial charge in [0.15, 0.2) is 0 Å². The molecule has 1 aliphatic heterocycles. The molecule has 0 saturated carbocycles. The Balaban J connectivity index is 1.49. The molecule has 0 bridgehead atoms. The molecule has 3 aromatic rings. The second-order valence-electron chi connectivity index (χ2n) is 9.65. The van der Waals surface area contributed by atoms with Gasteiger partial charge >= 0.3 is 0 Å². The van der Waals surface area contributed by atoms with Crippen LogP contribution in [0.15, 0.2) is 55.1 Å². The smallest absolute Gasteiger partial charge is 0.246 e. The zero-order chi connectivity index (χ0) is 25.7. The van der Waals surface area contributed by atoms with Gasteiger partial charge in [-0.1, -0.05) is 38.1 Å². The molecule has 4 rings (SSSR count). The Morgan fingerprint density at radius 3 is 2.58 bits per heavy atom. The Hall–Kier alpha value is -3.88. The maximum atomic E-state index is 13.8. The summed E-state index contributed by atoms with van der Waals surface area (Å²) in [5.74, 6) is -0.855. The van der Waals surface area contributed by atoms with Crippen molar-refractivity contribution in [3.05, 3.63) is 77.6 Å². The van der Waals surface area contributed by atoms with Crippen molar-refractivity contribution in [2.75, 3.05) is 6.54 Å². The molecule has 0 spiro atoms. The van der Waals surface area contributed by atoms with Crippen LogP contribution in [0.25, 0.3) is 0 Å². The molecule has 0 aliphatic carbocycles. The van der Waals surface area contributed by atoms with Gasteiger partial charge in [0.05, 0.1) is 12.7 Å². The normalized spacial score (nSPS) is 15.9. The molecular formula is C27H34N6O3. The van der Waals surface area contributed by atoms with Gasteiger partial charge in [-0.05, 0) is 29.2 Å². The largest absolute Gasteiger partial charge is 0.354 e. The first-order chi connectivity index (χ1) is 17.3. The van der Waals surface area contributed by atoms with Crippen molar-refractivity contribution in [3.8, 4) is 0 Å². The molecule has 3 amide bonds. The summed E-state index contributed by atoms with van der Waals surface area (Å²) in [6, 6.07) is 10.5. The van der Waals surface area contributed by atoms with Crippen LogP contribution in [-0.2, 0) is 47.2 Å². The molecule has 36 heavy (non-hydrogen) atoms. The predicted molar refractivity (Wildman–Crippen MR) is 136 cm³/mol. The number of hydrogen-bond acceptors (Lipinski definition) is 4. The lowest BCUT2D eigenvalue weighted by Crippen LogP contribution is -2.59. The molecule has 0 unspecified atom stereocenters. The minimum Gasteiger partial charge on any atom is -0.354 e. The molecule has 1 aliphatic rings. The fourth-order valence-electron chi connectivity index (χ4n) is 4.65. The van der Waals surface area contributed by atoms with Gasteiger partial charge in [-0.25, -0.2) is 4.98 Å². The first-order valence-electron chi connectivity index (χ1n) is 12.3. The zero-order valence-corrected chi connectivity index (χ0v) is 21.0. The summed E-state index contributed by atoms with van der Waals surface area (Å²) in [4.78, 5) is 48.3. The topological polar surface area (TPSA) is 112 Å². The SMILES string of the molecule is CC(C)[C@H](NC(=O)Cc1cnc[nH]1)C(=O)N1Cc2ccccc2C[C@H]1C(=O)NCCc1cccn1C. The lowest BCUT2D eigenvalue weighted by atomic mass is 9.91. The van der Waals surface area contributed by atoms with Crippen LogP contribution in [0.3, 0.4) is 0 Å². The molecule has 9 nitrogen and oxygen atoms in total. The first kappa shape index (κ1) is 25.2. The van der Waals surface area contributed by atoms with Gasteiger partial charge in [0.2, 0.25) is 17.7 Å². The van der Waals surface area contributed by atoms with E-state index in [4.69, 9.17) is 0 Å². The van der Waals surface area contributed by atoms with E-state index in [1.807, 2.05) is 68.1 Å². The summed E-state index contributed by atoms with van der Waals surface area (Å²) >= 11 is 0. The number of hydrogen-bond donors (Lipinski definition) is 3. The number of benzene rings is 1. The van der Waals surface area contributed by atoms with E-state index < -0.39 is 12.1 Å². The van der Waals surface area contributed by atoms with Crippen LogP contribution >= 0.6 is 0 Å². The van der Waals surface area contributed by atoms with Crippen LogP contribution < -0.4 is 10.6 Å². The van der Waals surface area contributed by atoms with E-state index in [2.05, 4.69) is 20.6 Å². The number of aromatic nitrogens is 3. The van der Waals surface area contributed by atoms with Crippen LogP contribution in [0.4, 0.5) is 0 Å². The van der Waals surface area contributed by atoms with Crippen molar-refractivity contribution in [2.45, 2.75) is 51.7 Å². The van der Waals surface area contributed by atoms with Crippen LogP contribution in [0.1, 0.15) is 36.4 Å². The molecule has 9 heteroatoms. The molecule has 0 fully saturated rings. The van der Waals surface area contributed by atoms with Crippen molar-refractivity contribution in [1.82, 2.24) is 30.1 Å². The average Bonchev–Trinajstić information content (AvgIpc) is 3.52. The highest BCUT2D eigenvalue weighted by Crippen LogP contribution is 2.25. The van der Waals surface area contributed by atoms with Gasteiger partial charge in [0.1, 0.15) is 12.1 Å². The number of imidazole rings is 1. The second-order valence-corrected chi connectivity index (χ2v) is 9.65. The number of fused-ring (bicyclic) bond motifs is 1. The Labute approximate surface area is 211 Å². The summed E-state index contributed by atoms with van der Waals surface area (Å²) < 4.78 is 2.03. The number of aromatic amines is 1. The molecule has 0 radical (unpaired) electrons. The fraction of sp³-hybridized carbons (Fsp3) is 0.407. The molecule has 0 saturated heterocycles. The Kier molecular flexibility index (Phi) is 7.87. The van der Waals surface area contributed by atoms with Gasteiger partial charge in [-0.15, -0.1) is 0 Å². The maximum Gasteiger partial charge on any atom is 0.246 e.